The number of sulfonamides is 1. The molecule has 12 heteroatoms. The molecule has 1 unspecified atom stereocenters. The van der Waals surface area contributed by atoms with Gasteiger partial charge >= 0.3 is 12.1 Å². The van der Waals surface area contributed by atoms with Crippen molar-refractivity contribution >= 4 is 37.5 Å². The molecule has 0 heterocycles. The Morgan fingerprint density at radius 3 is 2.14 bits per heavy atom. The van der Waals surface area contributed by atoms with Gasteiger partial charge in [-0.1, -0.05) is 78.9 Å². The first-order valence-corrected chi connectivity index (χ1v) is 15.7. The average molecular weight is 618 g/mol. The molecular formula is C30H26F3NO6S2. The quantitative estimate of drug-likeness (QED) is 0.307. The van der Waals surface area contributed by atoms with Crippen LogP contribution in [0.3, 0.4) is 0 Å². The van der Waals surface area contributed by atoms with Gasteiger partial charge in [0.1, 0.15) is 5.41 Å². The first-order chi connectivity index (χ1) is 19.7. The van der Waals surface area contributed by atoms with Crippen molar-refractivity contribution in [3.63, 3.8) is 0 Å². The zero-order valence-corrected chi connectivity index (χ0v) is 23.6. The Labute approximate surface area is 241 Å². The van der Waals surface area contributed by atoms with Gasteiger partial charge in [0.15, 0.2) is 0 Å². The van der Waals surface area contributed by atoms with E-state index in [1.165, 1.54) is 30.3 Å². The number of nitrogens with one attached hydrogen (secondary N) is 1. The third kappa shape index (κ3) is 7.07. The van der Waals surface area contributed by atoms with Gasteiger partial charge in [0.25, 0.3) is 0 Å². The number of carboxylic acid groups (broad SMARTS) is 1. The van der Waals surface area contributed by atoms with Crippen LogP contribution in [0.2, 0.25) is 0 Å². The molecule has 0 aliphatic heterocycles. The molecule has 1 aliphatic carbocycles. The van der Waals surface area contributed by atoms with E-state index in [1.807, 2.05) is 30.3 Å². The summed E-state index contributed by atoms with van der Waals surface area (Å²) in [6, 6.07) is 18.7. The van der Waals surface area contributed by atoms with Gasteiger partial charge in [-0.05, 0) is 53.5 Å². The lowest BCUT2D eigenvalue weighted by Crippen LogP contribution is -2.42. The molecule has 0 bridgehead atoms. The minimum Gasteiger partial charge on any atom is -0.481 e. The van der Waals surface area contributed by atoms with Crippen LogP contribution in [0.1, 0.15) is 23.1 Å². The van der Waals surface area contributed by atoms with Gasteiger partial charge in [-0.15, -0.1) is 0 Å². The normalized spacial score (nSPS) is 17.7. The number of alkyl halides is 3. The molecule has 42 heavy (non-hydrogen) atoms. The highest BCUT2D eigenvalue weighted by Gasteiger charge is 2.38. The molecule has 1 aliphatic rings. The van der Waals surface area contributed by atoms with Crippen LogP contribution in [-0.2, 0) is 30.8 Å². The van der Waals surface area contributed by atoms with Crippen molar-refractivity contribution in [2.45, 2.75) is 22.4 Å². The second kappa shape index (κ2) is 12.1. The van der Waals surface area contributed by atoms with E-state index in [0.29, 0.717) is 6.07 Å². The van der Waals surface area contributed by atoms with Gasteiger partial charge in [-0.25, -0.2) is 21.6 Å². The molecule has 0 aromatic heterocycles. The van der Waals surface area contributed by atoms with Gasteiger partial charge in [-0.3, -0.25) is 4.79 Å². The van der Waals surface area contributed by atoms with Crippen LogP contribution in [0.25, 0.3) is 11.6 Å². The standard InChI is InChI=1S/C30H26F3NO6S2/c31-30(32,33)27-14-13-26(42(39,40)25-11-5-2-6-12-25)20-24(27)10-7-19-41(37,38)34-21-29(28(35)36)17-15-23(16-18-29)22-8-3-1-4-9-22/h1-17,20,34H,18-19,21H2,(H,35,36). The molecule has 0 saturated carbocycles. The Morgan fingerprint density at radius 1 is 0.929 bits per heavy atom. The fourth-order valence-electron chi connectivity index (χ4n) is 4.33. The number of rotatable bonds is 10. The Hall–Kier alpha value is -4.00. The summed E-state index contributed by atoms with van der Waals surface area (Å²) in [4.78, 5) is 11.6. The molecule has 2 N–H and O–H groups in total. The molecule has 3 aromatic rings. The molecular weight excluding hydrogens is 591 g/mol. The van der Waals surface area contributed by atoms with Crippen molar-refractivity contribution in [1.29, 1.82) is 0 Å². The topological polar surface area (TPSA) is 118 Å². The fourth-order valence-corrected chi connectivity index (χ4v) is 6.59. The fraction of sp³-hybridized carbons (Fsp3) is 0.167. The Kier molecular flexibility index (Phi) is 8.90. The molecule has 4 rings (SSSR count). The number of allylic oxidation sites excluding steroid dienone is 3. The van der Waals surface area contributed by atoms with Crippen LogP contribution >= 0.6 is 0 Å². The molecule has 220 valence electrons. The summed E-state index contributed by atoms with van der Waals surface area (Å²) in [5, 5.41) is 9.86. The van der Waals surface area contributed by atoms with Crippen molar-refractivity contribution in [2.75, 3.05) is 12.3 Å². The summed E-state index contributed by atoms with van der Waals surface area (Å²) in [5.41, 5.74) is -1.58. The van der Waals surface area contributed by atoms with Crippen LogP contribution in [0.15, 0.2) is 113 Å². The first-order valence-electron chi connectivity index (χ1n) is 12.6. The lowest BCUT2D eigenvalue weighted by atomic mass is 9.79. The summed E-state index contributed by atoms with van der Waals surface area (Å²) < 4.78 is 94.5. The monoisotopic (exact) mass is 617 g/mol. The highest BCUT2D eigenvalue weighted by Crippen LogP contribution is 2.35. The van der Waals surface area contributed by atoms with Crippen LogP contribution in [-0.4, -0.2) is 40.2 Å². The number of aliphatic carboxylic acids is 1. The minimum atomic E-state index is -4.83. The first kappa shape index (κ1) is 30.9. The Morgan fingerprint density at radius 2 is 1.57 bits per heavy atom. The van der Waals surface area contributed by atoms with E-state index in [4.69, 9.17) is 0 Å². The van der Waals surface area contributed by atoms with Gasteiger partial charge < -0.3 is 5.11 Å². The molecule has 0 saturated heterocycles. The van der Waals surface area contributed by atoms with Crippen molar-refractivity contribution < 1.29 is 39.9 Å². The molecule has 1 atom stereocenters. The van der Waals surface area contributed by atoms with E-state index in [-0.39, 0.29) is 11.3 Å². The molecule has 0 fully saturated rings. The lowest BCUT2D eigenvalue weighted by molar-refractivity contribution is -0.145. The minimum absolute atomic E-state index is 0.0129. The van der Waals surface area contributed by atoms with Gasteiger partial charge in [0, 0.05) is 6.54 Å². The molecule has 7 nitrogen and oxygen atoms in total. The second-order valence-corrected chi connectivity index (χ2v) is 13.4. The van der Waals surface area contributed by atoms with Crippen LogP contribution < -0.4 is 4.72 Å². The van der Waals surface area contributed by atoms with E-state index < -0.39 is 65.7 Å². The van der Waals surface area contributed by atoms with Crippen molar-refractivity contribution in [2.24, 2.45) is 5.41 Å². The van der Waals surface area contributed by atoms with Gasteiger partial charge in [0.2, 0.25) is 19.9 Å². The molecule has 0 radical (unpaired) electrons. The third-order valence-electron chi connectivity index (χ3n) is 6.71. The summed E-state index contributed by atoms with van der Waals surface area (Å²) >= 11 is 0. The predicted octanol–water partition coefficient (Wildman–Crippen LogP) is 5.59. The van der Waals surface area contributed by atoms with E-state index in [0.717, 1.165) is 35.4 Å². The van der Waals surface area contributed by atoms with Crippen LogP contribution in [0.4, 0.5) is 13.2 Å². The number of sulfone groups is 1. The van der Waals surface area contributed by atoms with Crippen molar-refractivity contribution in [1.82, 2.24) is 4.72 Å². The maximum Gasteiger partial charge on any atom is 0.416 e. The SMILES string of the molecule is O=C(O)C1(CNS(=O)(=O)CC=Cc2cc(S(=O)(=O)c3ccccc3)ccc2C(F)(F)F)C=CC(c2ccccc2)=CC1. The molecule has 0 spiro atoms. The predicted molar refractivity (Wildman–Crippen MR) is 152 cm³/mol. The lowest BCUT2D eigenvalue weighted by Gasteiger charge is -2.28. The maximum atomic E-state index is 13.7. The van der Waals surface area contributed by atoms with E-state index in [2.05, 4.69) is 4.72 Å². The molecule has 3 aromatic carbocycles. The van der Waals surface area contributed by atoms with E-state index in [9.17, 15) is 39.9 Å². The van der Waals surface area contributed by atoms with Crippen molar-refractivity contribution in [3.05, 3.63) is 120 Å². The third-order valence-corrected chi connectivity index (χ3v) is 9.70. The Bertz CT molecular complexity index is 1770. The van der Waals surface area contributed by atoms with E-state index >= 15 is 0 Å². The zero-order chi connectivity index (χ0) is 30.6. The Balaban J connectivity index is 1.51. The van der Waals surface area contributed by atoms with Gasteiger partial charge in [-0.2, -0.15) is 13.2 Å². The highest BCUT2D eigenvalue weighted by atomic mass is 32.2. The molecule has 0 amide bonds. The van der Waals surface area contributed by atoms with Crippen molar-refractivity contribution in [3.8, 4) is 0 Å². The van der Waals surface area contributed by atoms with Gasteiger partial charge in [0.05, 0.1) is 21.1 Å². The zero-order valence-electron chi connectivity index (χ0n) is 22.0. The number of carboxylic acids is 1. The number of hydrogen-bond donors (Lipinski definition) is 2. The number of benzene rings is 3. The number of halogens is 3. The van der Waals surface area contributed by atoms with E-state index in [1.54, 1.807) is 18.2 Å². The maximum absolute atomic E-state index is 13.7. The number of carbonyl (C=O) groups is 1. The summed E-state index contributed by atoms with van der Waals surface area (Å²) in [6.07, 6.45) is 1.74. The second-order valence-electron chi connectivity index (χ2n) is 9.59. The number of hydrogen-bond acceptors (Lipinski definition) is 5. The van der Waals surface area contributed by atoms with Crippen LogP contribution in [0, 0.1) is 5.41 Å². The highest BCUT2D eigenvalue weighted by molar-refractivity contribution is 7.91. The average Bonchev–Trinajstić information content (AvgIpc) is 2.96. The summed E-state index contributed by atoms with van der Waals surface area (Å²) in [7, 11) is -8.31. The summed E-state index contributed by atoms with van der Waals surface area (Å²) in [6.45, 7) is -0.480. The largest absolute Gasteiger partial charge is 0.481 e. The van der Waals surface area contributed by atoms with Crippen LogP contribution in [0.5, 0.6) is 0 Å². The smallest absolute Gasteiger partial charge is 0.416 e. The summed E-state index contributed by atoms with van der Waals surface area (Å²) in [5.74, 6) is -2.02.